The third-order valence-electron chi connectivity index (χ3n) is 1.42. The summed E-state index contributed by atoms with van der Waals surface area (Å²) in [4.78, 5) is 21.7. The minimum Gasteiger partial charge on any atom is -0.288 e. The van der Waals surface area contributed by atoms with Crippen molar-refractivity contribution in [3.8, 4) is 12.1 Å². The van der Waals surface area contributed by atoms with E-state index in [2.05, 4.69) is 0 Å². The number of nitrogens with zero attached hydrogens (tertiary/aromatic N) is 2. The van der Waals surface area contributed by atoms with Crippen molar-refractivity contribution in [2.45, 2.75) is 0 Å². The molecule has 62 valence electrons. The monoisotopic (exact) mass is 176 g/mol. The quantitative estimate of drug-likeness (QED) is 0.498. The fraction of sp³-hybridized carbons (Fsp3) is 0. The van der Waals surface area contributed by atoms with Crippen LogP contribution in [0.3, 0.4) is 0 Å². The summed E-state index contributed by atoms with van der Waals surface area (Å²) in [5, 5.41) is 16.6. The summed E-state index contributed by atoms with van der Waals surface area (Å²) in [6.45, 7) is 0. The lowest BCUT2D eigenvalue weighted by atomic mass is 9.98. The molecule has 0 fully saturated rings. The summed E-state index contributed by atoms with van der Waals surface area (Å²) in [5.41, 5.74) is -1.43. The van der Waals surface area contributed by atoms with Crippen LogP contribution in [0.25, 0.3) is 0 Å². The first-order valence-electron chi connectivity index (χ1n) is 3.12. The standard InChI is InChI=1S/C8HFN2O2/c9-7-5(3-11)6(12)1-4(2-10)8(7)13/h1H. The van der Waals surface area contributed by atoms with E-state index >= 15 is 0 Å². The first-order valence-corrected chi connectivity index (χ1v) is 3.12. The normalized spacial score (nSPS) is 16.4. The average molecular weight is 176 g/mol. The van der Waals surface area contributed by atoms with E-state index in [0.29, 0.717) is 6.08 Å². The van der Waals surface area contributed by atoms with E-state index in [1.165, 1.54) is 12.1 Å². The van der Waals surface area contributed by atoms with E-state index in [0.717, 1.165) is 0 Å². The molecule has 0 aromatic heterocycles. The second-order valence-corrected chi connectivity index (χ2v) is 2.16. The molecule has 1 aliphatic carbocycles. The summed E-state index contributed by atoms with van der Waals surface area (Å²) in [6, 6.07) is 2.63. The van der Waals surface area contributed by atoms with Gasteiger partial charge in [-0.15, -0.1) is 0 Å². The SMILES string of the molecule is N#CC1=CC(=O)C(C#N)=C(F)C1=O. The third kappa shape index (κ3) is 1.23. The second-order valence-electron chi connectivity index (χ2n) is 2.16. The molecule has 0 unspecified atom stereocenters. The Morgan fingerprint density at radius 1 is 1.23 bits per heavy atom. The van der Waals surface area contributed by atoms with Gasteiger partial charge in [0.25, 0.3) is 0 Å². The highest BCUT2D eigenvalue weighted by atomic mass is 19.1. The molecule has 0 amide bonds. The second kappa shape index (κ2) is 3.00. The molecule has 0 aromatic carbocycles. The Morgan fingerprint density at radius 2 is 1.85 bits per heavy atom. The Labute approximate surface area is 72.2 Å². The van der Waals surface area contributed by atoms with Crippen LogP contribution >= 0.6 is 0 Å². The van der Waals surface area contributed by atoms with Gasteiger partial charge in [0.1, 0.15) is 23.3 Å². The summed E-state index contributed by atoms with van der Waals surface area (Å²) in [6.07, 6.45) is 0.657. The van der Waals surface area contributed by atoms with E-state index in [4.69, 9.17) is 10.5 Å². The average Bonchev–Trinajstić information content (AvgIpc) is 2.12. The van der Waals surface area contributed by atoms with Gasteiger partial charge in [0.2, 0.25) is 11.6 Å². The third-order valence-corrected chi connectivity index (χ3v) is 1.42. The van der Waals surface area contributed by atoms with Crippen molar-refractivity contribution in [3.63, 3.8) is 0 Å². The molecule has 4 nitrogen and oxygen atoms in total. The van der Waals surface area contributed by atoms with E-state index in [9.17, 15) is 14.0 Å². The van der Waals surface area contributed by atoms with Crippen LogP contribution in [-0.2, 0) is 9.59 Å². The Morgan fingerprint density at radius 3 is 2.31 bits per heavy atom. The zero-order valence-electron chi connectivity index (χ0n) is 6.17. The minimum atomic E-state index is -1.45. The number of ketones is 2. The molecular formula is C8HFN2O2. The largest absolute Gasteiger partial charge is 0.288 e. The van der Waals surface area contributed by atoms with E-state index in [-0.39, 0.29) is 0 Å². The predicted octanol–water partition coefficient (Wildman–Crippen LogP) is 0.335. The van der Waals surface area contributed by atoms with E-state index in [1.807, 2.05) is 0 Å². The van der Waals surface area contributed by atoms with Gasteiger partial charge in [-0.3, -0.25) is 9.59 Å². The zero-order valence-corrected chi connectivity index (χ0v) is 6.17. The number of halogens is 1. The van der Waals surface area contributed by atoms with Crippen LogP contribution in [0, 0.1) is 22.7 Å². The Hall–Kier alpha value is -2.27. The molecule has 13 heavy (non-hydrogen) atoms. The van der Waals surface area contributed by atoms with Crippen LogP contribution < -0.4 is 0 Å². The van der Waals surface area contributed by atoms with Crippen LogP contribution in [0.1, 0.15) is 0 Å². The number of carbonyl (C=O) groups is 2. The summed E-state index contributed by atoms with van der Waals surface area (Å²) < 4.78 is 12.8. The van der Waals surface area contributed by atoms with Gasteiger partial charge in [-0.05, 0) is 0 Å². The molecule has 0 aromatic rings. The highest BCUT2D eigenvalue weighted by Gasteiger charge is 2.28. The van der Waals surface area contributed by atoms with Crippen LogP contribution in [0.5, 0.6) is 0 Å². The number of rotatable bonds is 0. The Kier molecular flexibility index (Phi) is 2.03. The first kappa shape index (κ1) is 8.82. The molecule has 0 saturated heterocycles. The van der Waals surface area contributed by atoms with Crippen molar-refractivity contribution in [2.24, 2.45) is 0 Å². The highest BCUT2D eigenvalue weighted by Crippen LogP contribution is 2.19. The van der Waals surface area contributed by atoms with Crippen LogP contribution in [0.2, 0.25) is 0 Å². The molecule has 1 aliphatic rings. The number of nitriles is 2. The fourth-order valence-corrected chi connectivity index (χ4v) is 0.796. The lowest BCUT2D eigenvalue weighted by molar-refractivity contribution is -0.116. The van der Waals surface area contributed by atoms with E-state index < -0.39 is 28.5 Å². The van der Waals surface area contributed by atoms with Crippen molar-refractivity contribution in [3.05, 3.63) is 23.0 Å². The molecule has 0 atom stereocenters. The maximum absolute atomic E-state index is 12.8. The van der Waals surface area contributed by atoms with Crippen LogP contribution in [-0.4, -0.2) is 11.6 Å². The lowest BCUT2D eigenvalue weighted by Crippen LogP contribution is -2.15. The maximum atomic E-state index is 12.8. The Balaban J connectivity index is 3.32. The van der Waals surface area contributed by atoms with Gasteiger partial charge < -0.3 is 0 Å². The summed E-state index contributed by atoms with van der Waals surface area (Å²) in [7, 11) is 0. The van der Waals surface area contributed by atoms with Gasteiger partial charge >= 0.3 is 0 Å². The Bertz CT molecular complexity index is 446. The molecular weight excluding hydrogens is 175 g/mol. The minimum absolute atomic E-state index is 0.582. The van der Waals surface area contributed by atoms with Crippen molar-refractivity contribution >= 4 is 11.6 Å². The van der Waals surface area contributed by atoms with Gasteiger partial charge in [0.05, 0.1) is 0 Å². The van der Waals surface area contributed by atoms with Crippen molar-refractivity contribution < 1.29 is 14.0 Å². The lowest BCUT2D eigenvalue weighted by Gasteiger charge is -2.03. The number of Topliss-reactive ketones (excluding diaryl/α,β-unsaturated/α-hetero) is 1. The molecule has 1 rings (SSSR count). The number of hydrogen-bond donors (Lipinski definition) is 0. The molecule has 0 aliphatic heterocycles. The molecule has 0 heterocycles. The van der Waals surface area contributed by atoms with Crippen LogP contribution in [0.4, 0.5) is 4.39 Å². The smallest absolute Gasteiger partial charge is 0.233 e. The maximum Gasteiger partial charge on any atom is 0.233 e. The topological polar surface area (TPSA) is 81.7 Å². The highest BCUT2D eigenvalue weighted by molar-refractivity contribution is 6.24. The number of hydrogen-bond acceptors (Lipinski definition) is 4. The van der Waals surface area contributed by atoms with E-state index in [1.54, 1.807) is 0 Å². The molecule has 0 bridgehead atoms. The van der Waals surface area contributed by atoms with Crippen molar-refractivity contribution in [2.75, 3.05) is 0 Å². The molecule has 0 spiro atoms. The van der Waals surface area contributed by atoms with Crippen LogP contribution in [0.15, 0.2) is 23.0 Å². The number of allylic oxidation sites excluding steroid dienone is 4. The number of carbonyl (C=O) groups excluding carboxylic acids is 2. The molecule has 0 radical (unpaired) electrons. The van der Waals surface area contributed by atoms with Gasteiger partial charge in [0.15, 0.2) is 5.83 Å². The first-order chi connectivity index (χ1) is 6.11. The molecule has 0 N–H and O–H groups in total. The zero-order chi connectivity index (χ0) is 10.0. The van der Waals surface area contributed by atoms with Crippen molar-refractivity contribution in [1.29, 1.82) is 10.5 Å². The fourth-order valence-electron chi connectivity index (χ4n) is 0.796. The van der Waals surface area contributed by atoms with Crippen molar-refractivity contribution in [1.82, 2.24) is 0 Å². The summed E-state index contributed by atoms with van der Waals surface area (Å²) >= 11 is 0. The summed E-state index contributed by atoms with van der Waals surface area (Å²) in [5.74, 6) is -3.61. The predicted molar refractivity (Wildman–Crippen MR) is 37.5 cm³/mol. The van der Waals surface area contributed by atoms with Gasteiger partial charge in [-0.2, -0.15) is 10.5 Å². The molecule has 0 saturated carbocycles. The van der Waals surface area contributed by atoms with Gasteiger partial charge in [-0.1, -0.05) is 0 Å². The van der Waals surface area contributed by atoms with Gasteiger partial charge in [-0.25, -0.2) is 4.39 Å². The molecule has 5 heteroatoms. The van der Waals surface area contributed by atoms with Gasteiger partial charge in [0, 0.05) is 6.08 Å².